The lowest BCUT2D eigenvalue weighted by molar-refractivity contribution is 0.415. The van der Waals surface area contributed by atoms with Crippen LogP contribution in [0.3, 0.4) is 0 Å². The fourth-order valence-electron chi connectivity index (χ4n) is 1.41. The minimum absolute atomic E-state index is 0.280. The van der Waals surface area contributed by atoms with E-state index in [1.54, 1.807) is 0 Å². The van der Waals surface area contributed by atoms with E-state index in [4.69, 9.17) is 0 Å². The number of hydrogen-bond donors (Lipinski definition) is 2. The van der Waals surface area contributed by atoms with Crippen LogP contribution in [0.4, 0.5) is 0 Å². The molecule has 2 nitrogen and oxygen atoms in total. The highest BCUT2D eigenvalue weighted by atomic mass is 28.3. The summed E-state index contributed by atoms with van der Waals surface area (Å²) in [7, 11) is -0.987. The van der Waals surface area contributed by atoms with Gasteiger partial charge in [-0.25, -0.2) is 0 Å². The lowest BCUT2D eigenvalue weighted by atomic mass is 10.0. The largest absolute Gasteiger partial charge is 0.323 e. The van der Waals surface area contributed by atoms with Crippen molar-refractivity contribution in [2.45, 2.75) is 72.0 Å². The molecule has 0 aromatic rings. The Bertz CT molecular complexity index is 149. The molecule has 0 bridgehead atoms. The van der Waals surface area contributed by atoms with Crippen LogP contribution in [0.5, 0.6) is 0 Å². The van der Waals surface area contributed by atoms with Crippen LogP contribution >= 0.6 is 0 Å². The average Bonchev–Trinajstić information content (AvgIpc) is 2.02. The summed E-state index contributed by atoms with van der Waals surface area (Å²) in [4.78, 5) is 7.45. The summed E-state index contributed by atoms with van der Waals surface area (Å²) in [6, 6.07) is 0. The van der Waals surface area contributed by atoms with Crippen molar-refractivity contribution in [1.29, 1.82) is 0 Å². The van der Waals surface area contributed by atoms with Crippen LogP contribution in [-0.2, 0) is 0 Å². The fraction of sp³-hybridized carbons (Fsp3) is 1.00. The summed E-state index contributed by atoms with van der Waals surface area (Å²) in [6.07, 6.45) is 2.36. The highest BCUT2D eigenvalue weighted by molar-refractivity contribution is 6.52. The van der Waals surface area contributed by atoms with Crippen molar-refractivity contribution in [3.63, 3.8) is 0 Å². The lowest BCUT2D eigenvalue weighted by Crippen LogP contribution is -2.59. The Morgan fingerprint density at radius 3 is 1.36 bits per heavy atom. The molecule has 2 N–H and O–H groups in total. The Morgan fingerprint density at radius 2 is 1.14 bits per heavy atom. The highest BCUT2D eigenvalue weighted by Crippen LogP contribution is 2.10. The van der Waals surface area contributed by atoms with Gasteiger partial charge in [-0.15, -0.1) is 0 Å². The Labute approximate surface area is 91.6 Å². The number of rotatable bonds is 6. The van der Waals surface area contributed by atoms with Gasteiger partial charge < -0.3 is 9.96 Å². The average molecular weight is 216 g/mol. The van der Waals surface area contributed by atoms with Gasteiger partial charge in [0.25, 0.3) is 0 Å². The number of nitrogens with one attached hydrogen (secondary N) is 2. The van der Waals surface area contributed by atoms with Crippen molar-refractivity contribution in [3.05, 3.63) is 0 Å². The van der Waals surface area contributed by atoms with Crippen LogP contribution in [0.25, 0.3) is 0 Å². The smallest absolute Gasteiger partial charge is 0.182 e. The van der Waals surface area contributed by atoms with E-state index in [0.717, 1.165) is 0 Å². The van der Waals surface area contributed by atoms with E-state index in [-0.39, 0.29) is 11.1 Å². The van der Waals surface area contributed by atoms with Crippen molar-refractivity contribution in [2.24, 2.45) is 0 Å². The molecule has 0 heterocycles. The number of hydrogen-bond acceptors (Lipinski definition) is 2. The van der Waals surface area contributed by atoms with Crippen LogP contribution in [0.2, 0.25) is 6.55 Å². The first-order chi connectivity index (χ1) is 6.22. The topological polar surface area (TPSA) is 24.1 Å². The van der Waals surface area contributed by atoms with Crippen LogP contribution in [-0.4, -0.2) is 20.2 Å². The molecule has 0 unspecified atom stereocenters. The molecule has 0 spiro atoms. The van der Waals surface area contributed by atoms with Gasteiger partial charge in [0.1, 0.15) is 0 Å². The van der Waals surface area contributed by atoms with Gasteiger partial charge in [-0.1, -0.05) is 13.8 Å². The maximum atomic E-state index is 3.72. The molecule has 0 aromatic carbocycles. The van der Waals surface area contributed by atoms with E-state index < -0.39 is 9.12 Å². The molecule has 86 valence electrons. The van der Waals surface area contributed by atoms with Crippen molar-refractivity contribution < 1.29 is 0 Å². The normalized spacial score (nSPS) is 13.7. The molecule has 0 aliphatic carbocycles. The second-order valence-corrected chi connectivity index (χ2v) is 7.51. The Kier molecular flexibility index (Phi) is 5.34. The minimum Gasteiger partial charge on any atom is -0.323 e. The third-order valence-electron chi connectivity index (χ3n) is 2.98. The molecule has 0 radical (unpaired) electrons. The van der Waals surface area contributed by atoms with Gasteiger partial charge in [0, 0.05) is 11.1 Å². The molecule has 0 aliphatic rings. The predicted octanol–water partition coefficient (Wildman–Crippen LogP) is 2.39. The minimum atomic E-state index is -0.987. The summed E-state index contributed by atoms with van der Waals surface area (Å²) in [5.74, 6) is 0. The molecular formula is C11H28N2Si. The van der Waals surface area contributed by atoms with Gasteiger partial charge in [-0.2, -0.15) is 0 Å². The van der Waals surface area contributed by atoms with Crippen LogP contribution in [0.15, 0.2) is 0 Å². The van der Waals surface area contributed by atoms with Crippen molar-refractivity contribution in [2.75, 3.05) is 0 Å². The van der Waals surface area contributed by atoms with Crippen LogP contribution in [0.1, 0.15) is 54.4 Å². The standard InChI is InChI=1S/C11H28N2Si/c1-8-10(3,4)12-14(7)13-11(5,6)9-2/h12-14H,8-9H2,1-7H3. The molecule has 0 saturated heterocycles. The highest BCUT2D eigenvalue weighted by Gasteiger charge is 2.23. The second kappa shape index (κ2) is 5.28. The SMILES string of the molecule is CCC(C)(C)N[SiH](C)NC(C)(C)CC. The van der Waals surface area contributed by atoms with Crippen molar-refractivity contribution >= 4 is 9.12 Å². The van der Waals surface area contributed by atoms with Crippen LogP contribution < -0.4 is 9.96 Å². The molecule has 0 saturated carbocycles. The molecule has 14 heavy (non-hydrogen) atoms. The van der Waals surface area contributed by atoms with Gasteiger partial charge in [0.15, 0.2) is 9.12 Å². The first kappa shape index (κ1) is 14.1. The zero-order chi connectivity index (χ0) is 11.4. The molecule has 0 rings (SSSR count). The van der Waals surface area contributed by atoms with E-state index in [1.165, 1.54) is 12.8 Å². The monoisotopic (exact) mass is 216 g/mol. The maximum absolute atomic E-state index is 3.72. The maximum Gasteiger partial charge on any atom is 0.182 e. The van der Waals surface area contributed by atoms with Crippen molar-refractivity contribution in [1.82, 2.24) is 9.96 Å². The predicted molar refractivity (Wildman–Crippen MR) is 68.0 cm³/mol. The van der Waals surface area contributed by atoms with Gasteiger partial charge >= 0.3 is 0 Å². The third-order valence-corrected chi connectivity index (χ3v) is 5.41. The fourth-order valence-corrected chi connectivity index (χ4v) is 4.24. The molecule has 0 amide bonds. The Balaban J connectivity index is 4.04. The van der Waals surface area contributed by atoms with E-state index in [9.17, 15) is 0 Å². The summed E-state index contributed by atoms with van der Waals surface area (Å²) < 4.78 is 0. The first-order valence-corrected chi connectivity index (χ1v) is 8.09. The van der Waals surface area contributed by atoms with E-state index >= 15 is 0 Å². The summed E-state index contributed by atoms with van der Waals surface area (Å²) in [5, 5.41) is 0. The molecule has 0 fully saturated rings. The van der Waals surface area contributed by atoms with Crippen molar-refractivity contribution in [3.8, 4) is 0 Å². The summed E-state index contributed by atoms with van der Waals surface area (Å²) >= 11 is 0. The second-order valence-electron chi connectivity index (χ2n) is 5.49. The molecule has 3 heteroatoms. The van der Waals surface area contributed by atoms with Gasteiger partial charge in [-0.05, 0) is 47.1 Å². The van der Waals surface area contributed by atoms with E-state index in [1.807, 2.05) is 0 Å². The Morgan fingerprint density at radius 1 is 0.857 bits per heavy atom. The molecule has 0 aliphatic heterocycles. The first-order valence-electron chi connectivity index (χ1n) is 5.78. The quantitative estimate of drug-likeness (QED) is 0.666. The van der Waals surface area contributed by atoms with Gasteiger partial charge in [0.05, 0.1) is 0 Å². The van der Waals surface area contributed by atoms with Crippen LogP contribution in [0, 0.1) is 0 Å². The Hall–Kier alpha value is 0.137. The molecule has 0 aromatic heterocycles. The van der Waals surface area contributed by atoms with Gasteiger partial charge in [0.2, 0.25) is 0 Å². The summed E-state index contributed by atoms with van der Waals surface area (Å²) in [6.45, 7) is 15.9. The molecule has 0 atom stereocenters. The lowest BCUT2D eigenvalue weighted by Gasteiger charge is -2.34. The zero-order valence-corrected chi connectivity index (χ0v) is 12.1. The van der Waals surface area contributed by atoms with E-state index in [0.29, 0.717) is 0 Å². The van der Waals surface area contributed by atoms with Gasteiger partial charge in [-0.3, -0.25) is 0 Å². The summed E-state index contributed by atoms with van der Waals surface area (Å²) in [5.41, 5.74) is 0.560. The third kappa shape index (κ3) is 5.78. The molecular weight excluding hydrogens is 188 g/mol. The zero-order valence-electron chi connectivity index (χ0n) is 11.0. The van der Waals surface area contributed by atoms with E-state index in [2.05, 4.69) is 58.1 Å².